The molecule has 0 aromatic heterocycles. The lowest BCUT2D eigenvalue weighted by Crippen LogP contribution is -2.40. The van der Waals surface area contributed by atoms with Gasteiger partial charge in [-0.2, -0.15) is 0 Å². The Bertz CT molecular complexity index is 248. The highest BCUT2D eigenvalue weighted by Gasteiger charge is 2.30. The topological polar surface area (TPSA) is 6.48 Å². The lowest BCUT2D eigenvalue weighted by Gasteiger charge is -2.39. The number of likely N-dealkylation sites (tertiary alicyclic amines) is 2. The van der Waals surface area contributed by atoms with E-state index in [1.165, 1.54) is 58.5 Å². The molecule has 0 saturated carbocycles. The number of nitrogens with zero attached hydrogens (tertiary/aromatic N) is 2. The Morgan fingerprint density at radius 1 is 0.944 bits per heavy atom. The Balaban J connectivity index is 1.71. The summed E-state index contributed by atoms with van der Waals surface area (Å²) in [4.78, 5) is 5.33. The van der Waals surface area contributed by atoms with Crippen LogP contribution in [0, 0.1) is 17.3 Å². The van der Waals surface area contributed by atoms with Crippen molar-refractivity contribution in [2.75, 3.05) is 39.3 Å². The van der Waals surface area contributed by atoms with Crippen LogP contribution in [0.1, 0.15) is 47.0 Å². The molecular formula is C16H32N2. The maximum Gasteiger partial charge on any atom is 0.00224 e. The summed E-state index contributed by atoms with van der Waals surface area (Å²) in [5.41, 5.74) is 0.512. The maximum atomic E-state index is 2.73. The zero-order valence-corrected chi connectivity index (χ0v) is 12.9. The van der Waals surface area contributed by atoms with Gasteiger partial charge in [0.15, 0.2) is 0 Å². The molecule has 0 radical (unpaired) electrons. The van der Waals surface area contributed by atoms with E-state index in [0.717, 1.165) is 11.8 Å². The summed E-state index contributed by atoms with van der Waals surface area (Å²) < 4.78 is 0. The van der Waals surface area contributed by atoms with Crippen molar-refractivity contribution in [3.63, 3.8) is 0 Å². The molecule has 2 fully saturated rings. The van der Waals surface area contributed by atoms with Crippen LogP contribution in [0.15, 0.2) is 0 Å². The van der Waals surface area contributed by atoms with Crippen molar-refractivity contribution in [2.45, 2.75) is 47.0 Å². The normalized spacial score (nSPS) is 29.0. The van der Waals surface area contributed by atoms with Crippen LogP contribution in [0.4, 0.5) is 0 Å². The van der Waals surface area contributed by atoms with Crippen molar-refractivity contribution < 1.29 is 0 Å². The Morgan fingerprint density at radius 2 is 1.56 bits per heavy atom. The fraction of sp³-hybridized carbons (Fsp3) is 1.00. The minimum atomic E-state index is 0.512. The van der Waals surface area contributed by atoms with Gasteiger partial charge >= 0.3 is 0 Å². The zero-order chi connectivity index (χ0) is 13.2. The minimum absolute atomic E-state index is 0.512. The summed E-state index contributed by atoms with van der Waals surface area (Å²) in [5.74, 6) is 1.88. The van der Waals surface area contributed by atoms with Crippen LogP contribution in [0.25, 0.3) is 0 Å². The molecule has 2 aliphatic rings. The van der Waals surface area contributed by atoms with Gasteiger partial charge in [-0.05, 0) is 62.7 Å². The summed E-state index contributed by atoms with van der Waals surface area (Å²) in [7, 11) is 0. The van der Waals surface area contributed by atoms with Crippen LogP contribution in [0.3, 0.4) is 0 Å². The van der Waals surface area contributed by atoms with Gasteiger partial charge in [-0.25, -0.2) is 0 Å². The molecule has 2 heteroatoms. The zero-order valence-electron chi connectivity index (χ0n) is 12.9. The first-order valence-electron chi connectivity index (χ1n) is 7.93. The van der Waals surface area contributed by atoms with Gasteiger partial charge in [0, 0.05) is 13.1 Å². The van der Waals surface area contributed by atoms with E-state index in [9.17, 15) is 0 Å². The molecule has 2 nitrogen and oxygen atoms in total. The molecule has 1 atom stereocenters. The van der Waals surface area contributed by atoms with Gasteiger partial charge in [0.25, 0.3) is 0 Å². The third kappa shape index (κ3) is 3.71. The lowest BCUT2D eigenvalue weighted by molar-refractivity contribution is 0.101. The van der Waals surface area contributed by atoms with E-state index in [1.54, 1.807) is 0 Å². The average molecular weight is 252 g/mol. The number of rotatable bonds is 3. The Kier molecular flexibility index (Phi) is 4.71. The summed E-state index contributed by atoms with van der Waals surface area (Å²) >= 11 is 0. The van der Waals surface area contributed by atoms with E-state index in [-0.39, 0.29) is 0 Å². The van der Waals surface area contributed by atoms with Crippen LogP contribution in [-0.2, 0) is 0 Å². The molecule has 106 valence electrons. The first kappa shape index (κ1) is 14.3. The van der Waals surface area contributed by atoms with Gasteiger partial charge < -0.3 is 9.80 Å². The fourth-order valence-electron chi connectivity index (χ4n) is 3.70. The lowest BCUT2D eigenvalue weighted by atomic mass is 9.75. The van der Waals surface area contributed by atoms with Crippen molar-refractivity contribution in [1.29, 1.82) is 0 Å². The summed E-state index contributed by atoms with van der Waals surface area (Å²) in [6.45, 7) is 17.5. The molecule has 0 spiro atoms. The molecule has 18 heavy (non-hydrogen) atoms. The van der Waals surface area contributed by atoms with Gasteiger partial charge in [0.2, 0.25) is 0 Å². The van der Waals surface area contributed by atoms with E-state index in [4.69, 9.17) is 0 Å². The van der Waals surface area contributed by atoms with Crippen molar-refractivity contribution in [2.24, 2.45) is 17.3 Å². The molecule has 0 aliphatic carbocycles. The highest BCUT2D eigenvalue weighted by atomic mass is 15.2. The van der Waals surface area contributed by atoms with Crippen LogP contribution >= 0.6 is 0 Å². The molecule has 0 aromatic carbocycles. The Labute approximate surface area is 114 Å². The third-order valence-electron chi connectivity index (χ3n) is 5.15. The predicted molar refractivity (Wildman–Crippen MR) is 78.8 cm³/mol. The maximum absolute atomic E-state index is 2.73. The van der Waals surface area contributed by atoms with Gasteiger partial charge in [-0.15, -0.1) is 0 Å². The van der Waals surface area contributed by atoms with E-state index >= 15 is 0 Å². The van der Waals surface area contributed by atoms with Crippen molar-refractivity contribution in [1.82, 2.24) is 9.80 Å². The Morgan fingerprint density at radius 3 is 2.06 bits per heavy atom. The second-order valence-electron chi connectivity index (χ2n) is 7.49. The number of hydrogen-bond acceptors (Lipinski definition) is 2. The molecule has 2 rings (SSSR count). The van der Waals surface area contributed by atoms with E-state index in [0.29, 0.717) is 5.41 Å². The molecule has 2 saturated heterocycles. The molecule has 0 bridgehead atoms. The predicted octanol–water partition coefficient (Wildman–Crippen LogP) is 3.09. The molecule has 0 amide bonds. The molecular weight excluding hydrogens is 220 g/mol. The van der Waals surface area contributed by atoms with Crippen molar-refractivity contribution in [3.05, 3.63) is 0 Å². The molecule has 0 aromatic rings. The molecule has 2 heterocycles. The van der Waals surface area contributed by atoms with Crippen molar-refractivity contribution >= 4 is 0 Å². The van der Waals surface area contributed by atoms with Crippen LogP contribution < -0.4 is 0 Å². The highest BCUT2D eigenvalue weighted by Crippen LogP contribution is 2.34. The largest absolute Gasteiger partial charge is 0.303 e. The van der Waals surface area contributed by atoms with E-state index in [2.05, 4.69) is 37.5 Å². The first-order valence-corrected chi connectivity index (χ1v) is 7.93. The third-order valence-corrected chi connectivity index (χ3v) is 5.15. The number of piperidine rings is 1. The van der Waals surface area contributed by atoms with E-state index < -0.39 is 0 Å². The summed E-state index contributed by atoms with van der Waals surface area (Å²) in [5, 5.41) is 0. The van der Waals surface area contributed by atoms with E-state index in [1.807, 2.05) is 0 Å². The molecule has 1 unspecified atom stereocenters. The quantitative estimate of drug-likeness (QED) is 0.761. The standard InChI is InChI=1S/C16H32N2/c1-5-17-9-6-14(12-17)13-18-10-7-15(8-11-18)16(2,3)4/h14-15H,5-13H2,1-4H3. The average Bonchev–Trinajstić information content (AvgIpc) is 2.76. The van der Waals surface area contributed by atoms with Gasteiger partial charge in [0.05, 0.1) is 0 Å². The number of hydrogen-bond donors (Lipinski definition) is 0. The minimum Gasteiger partial charge on any atom is -0.303 e. The fourth-order valence-corrected chi connectivity index (χ4v) is 3.70. The molecule has 0 N–H and O–H groups in total. The van der Waals surface area contributed by atoms with Crippen LogP contribution in [-0.4, -0.2) is 49.1 Å². The Hall–Kier alpha value is -0.0800. The van der Waals surface area contributed by atoms with Crippen molar-refractivity contribution in [3.8, 4) is 0 Å². The summed E-state index contributed by atoms with van der Waals surface area (Å²) in [6, 6.07) is 0. The SMILES string of the molecule is CCN1CCC(CN2CCC(C(C)(C)C)CC2)C1. The first-order chi connectivity index (χ1) is 8.49. The monoisotopic (exact) mass is 252 g/mol. The second-order valence-corrected chi connectivity index (χ2v) is 7.49. The van der Waals surface area contributed by atoms with Gasteiger partial charge in [-0.3, -0.25) is 0 Å². The highest BCUT2D eigenvalue weighted by molar-refractivity contribution is 4.83. The summed E-state index contributed by atoms with van der Waals surface area (Å²) in [6.07, 6.45) is 4.24. The van der Waals surface area contributed by atoms with Crippen LogP contribution in [0.5, 0.6) is 0 Å². The van der Waals surface area contributed by atoms with Crippen LogP contribution in [0.2, 0.25) is 0 Å². The van der Waals surface area contributed by atoms with Gasteiger partial charge in [0.1, 0.15) is 0 Å². The molecule has 2 aliphatic heterocycles. The second kappa shape index (κ2) is 5.92. The van der Waals surface area contributed by atoms with Gasteiger partial charge in [-0.1, -0.05) is 27.7 Å². The smallest absolute Gasteiger partial charge is 0.00224 e.